The normalized spacial score (nSPS) is 11.7. The lowest BCUT2D eigenvalue weighted by molar-refractivity contribution is -0.119. The van der Waals surface area contributed by atoms with Crippen LogP contribution in [0.15, 0.2) is 18.2 Å². The van der Waals surface area contributed by atoms with E-state index in [1.807, 2.05) is 0 Å². The largest absolute Gasteiger partial charge is 0.405 e. The van der Waals surface area contributed by atoms with Crippen LogP contribution in [0.1, 0.15) is 12.5 Å². The van der Waals surface area contributed by atoms with Crippen LogP contribution in [-0.4, -0.2) is 39.5 Å². The molecule has 0 unspecified atom stereocenters. The van der Waals surface area contributed by atoms with E-state index >= 15 is 0 Å². The summed E-state index contributed by atoms with van der Waals surface area (Å²) < 4.78 is 56.0. The van der Waals surface area contributed by atoms with Crippen molar-refractivity contribution in [3.63, 3.8) is 0 Å². The second kappa shape index (κ2) is 8.19. The molecule has 1 rings (SSSR count). The Morgan fingerprint density at radius 3 is 2.57 bits per heavy atom. The molecule has 0 bridgehead atoms. The Labute approximate surface area is 121 Å². The summed E-state index contributed by atoms with van der Waals surface area (Å²) in [4.78, 5) is 1.19. The summed E-state index contributed by atoms with van der Waals surface area (Å²) in [6.45, 7) is 2.07. The maximum Gasteiger partial charge on any atom is 0.405 e. The molecule has 0 saturated carbocycles. The van der Waals surface area contributed by atoms with E-state index < -0.39 is 18.5 Å². The molecule has 3 nitrogen and oxygen atoms in total. The van der Waals surface area contributed by atoms with Gasteiger partial charge in [-0.15, -0.1) is 0 Å². The molecule has 7 heteroatoms. The first kappa shape index (κ1) is 17.7. The van der Waals surface area contributed by atoms with Crippen molar-refractivity contribution < 1.29 is 22.3 Å². The molecule has 0 aliphatic carbocycles. The number of alkyl halides is 3. The number of hydrogen-bond acceptors (Lipinski definition) is 3. The highest BCUT2D eigenvalue weighted by Crippen LogP contribution is 2.26. The molecular formula is C14H20F4N2O. The fraction of sp³-hybridized carbons (Fsp3) is 0.571. The summed E-state index contributed by atoms with van der Waals surface area (Å²) in [6.07, 6.45) is -4.30. The van der Waals surface area contributed by atoms with Crippen LogP contribution in [0.5, 0.6) is 0 Å². The van der Waals surface area contributed by atoms with Crippen LogP contribution in [0.25, 0.3) is 0 Å². The highest BCUT2D eigenvalue weighted by molar-refractivity contribution is 5.54. The van der Waals surface area contributed by atoms with Gasteiger partial charge in [0, 0.05) is 32.4 Å². The molecule has 0 radical (unpaired) electrons. The number of hydrogen-bond donors (Lipinski definition) is 1. The van der Waals surface area contributed by atoms with E-state index in [1.165, 1.54) is 23.1 Å². The highest BCUT2D eigenvalue weighted by atomic mass is 19.4. The second-order valence-corrected chi connectivity index (χ2v) is 4.57. The Balaban J connectivity index is 2.87. The summed E-state index contributed by atoms with van der Waals surface area (Å²) in [5.41, 5.74) is 0.887. The molecule has 0 heterocycles. The van der Waals surface area contributed by atoms with E-state index in [9.17, 15) is 17.6 Å². The molecule has 0 saturated heterocycles. The quantitative estimate of drug-likeness (QED) is 0.590. The Morgan fingerprint density at radius 2 is 2.00 bits per heavy atom. The fourth-order valence-electron chi connectivity index (χ4n) is 1.99. The molecule has 0 atom stereocenters. The first-order valence-electron chi connectivity index (χ1n) is 6.67. The maximum absolute atomic E-state index is 13.3. The molecule has 0 spiro atoms. The van der Waals surface area contributed by atoms with Gasteiger partial charge in [-0.2, -0.15) is 13.2 Å². The van der Waals surface area contributed by atoms with E-state index in [-0.39, 0.29) is 13.1 Å². The van der Waals surface area contributed by atoms with Gasteiger partial charge in [0.15, 0.2) is 0 Å². The van der Waals surface area contributed by atoms with Gasteiger partial charge in [0.05, 0.1) is 6.61 Å². The van der Waals surface area contributed by atoms with E-state index in [0.717, 1.165) is 0 Å². The molecule has 0 fully saturated rings. The summed E-state index contributed by atoms with van der Waals surface area (Å²) in [5.74, 6) is -0.467. The van der Waals surface area contributed by atoms with E-state index in [1.54, 1.807) is 14.0 Å². The number of ether oxygens (including phenoxy) is 1. The van der Waals surface area contributed by atoms with Crippen LogP contribution < -0.4 is 10.2 Å². The van der Waals surface area contributed by atoms with Gasteiger partial charge >= 0.3 is 6.18 Å². The van der Waals surface area contributed by atoms with Crippen molar-refractivity contribution in [2.24, 2.45) is 0 Å². The Kier molecular flexibility index (Phi) is 6.91. The monoisotopic (exact) mass is 308 g/mol. The topological polar surface area (TPSA) is 24.5 Å². The third-order valence-electron chi connectivity index (χ3n) is 2.93. The Bertz CT molecular complexity index is 437. The van der Waals surface area contributed by atoms with E-state index in [2.05, 4.69) is 5.32 Å². The maximum atomic E-state index is 13.3. The molecule has 0 aliphatic rings. The van der Waals surface area contributed by atoms with Crippen LogP contribution >= 0.6 is 0 Å². The molecule has 0 aromatic heterocycles. The first-order valence-corrected chi connectivity index (χ1v) is 6.67. The zero-order chi connectivity index (χ0) is 15.9. The zero-order valence-corrected chi connectivity index (χ0v) is 12.1. The number of methoxy groups -OCH3 is 1. The van der Waals surface area contributed by atoms with Gasteiger partial charge < -0.3 is 15.0 Å². The number of benzene rings is 1. The van der Waals surface area contributed by atoms with Gasteiger partial charge in [0.25, 0.3) is 0 Å². The van der Waals surface area contributed by atoms with Gasteiger partial charge in [0.1, 0.15) is 12.4 Å². The molecule has 1 aromatic rings. The average molecular weight is 308 g/mol. The zero-order valence-electron chi connectivity index (χ0n) is 12.1. The minimum absolute atomic E-state index is 0.191. The second-order valence-electron chi connectivity index (χ2n) is 4.57. The Hall–Kier alpha value is -1.34. The lowest BCUT2D eigenvalue weighted by atomic mass is 10.1. The summed E-state index contributed by atoms with van der Waals surface area (Å²) >= 11 is 0. The molecule has 1 N–H and O–H groups in total. The van der Waals surface area contributed by atoms with Gasteiger partial charge in [-0.25, -0.2) is 4.39 Å². The third-order valence-corrected chi connectivity index (χ3v) is 2.93. The lowest BCUT2D eigenvalue weighted by Crippen LogP contribution is -2.35. The molecule has 0 aliphatic heterocycles. The lowest BCUT2D eigenvalue weighted by Gasteiger charge is -2.27. The molecule has 120 valence electrons. The highest BCUT2D eigenvalue weighted by Gasteiger charge is 2.31. The van der Waals surface area contributed by atoms with Crippen LogP contribution in [0.3, 0.4) is 0 Å². The van der Waals surface area contributed by atoms with Crippen LogP contribution in [0, 0.1) is 5.82 Å². The van der Waals surface area contributed by atoms with Gasteiger partial charge in [-0.3, -0.25) is 0 Å². The van der Waals surface area contributed by atoms with Crippen molar-refractivity contribution in [1.82, 2.24) is 5.32 Å². The van der Waals surface area contributed by atoms with Crippen molar-refractivity contribution in [3.05, 3.63) is 29.6 Å². The average Bonchev–Trinajstić information content (AvgIpc) is 2.40. The summed E-state index contributed by atoms with van der Waals surface area (Å²) in [6, 6.07) is 3.82. The van der Waals surface area contributed by atoms with Crippen LogP contribution in [0.2, 0.25) is 0 Å². The van der Waals surface area contributed by atoms with Crippen LogP contribution in [0.4, 0.5) is 23.2 Å². The predicted octanol–water partition coefficient (Wildman–Crippen LogP) is 2.95. The predicted molar refractivity (Wildman–Crippen MR) is 73.9 cm³/mol. The van der Waals surface area contributed by atoms with Gasteiger partial charge in [-0.05, 0) is 30.7 Å². The number of nitrogens with zero attached hydrogens (tertiary/aromatic N) is 1. The van der Waals surface area contributed by atoms with Crippen molar-refractivity contribution >= 4 is 5.69 Å². The SMILES string of the molecule is CCN(CC(F)(F)F)c1ccc(F)cc1CNCCOC. The van der Waals surface area contributed by atoms with Gasteiger partial charge in [0.2, 0.25) is 0 Å². The smallest absolute Gasteiger partial charge is 0.383 e. The number of nitrogens with one attached hydrogen (secondary N) is 1. The van der Waals surface area contributed by atoms with E-state index in [0.29, 0.717) is 24.4 Å². The fourth-order valence-corrected chi connectivity index (χ4v) is 1.99. The van der Waals surface area contributed by atoms with Crippen molar-refractivity contribution in [2.45, 2.75) is 19.6 Å². The van der Waals surface area contributed by atoms with Crippen molar-refractivity contribution in [3.8, 4) is 0 Å². The Morgan fingerprint density at radius 1 is 1.29 bits per heavy atom. The minimum atomic E-state index is -4.30. The number of halogens is 4. The molecule has 21 heavy (non-hydrogen) atoms. The van der Waals surface area contributed by atoms with E-state index in [4.69, 9.17) is 4.74 Å². The third kappa shape index (κ3) is 6.31. The number of rotatable bonds is 8. The first-order chi connectivity index (χ1) is 9.87. The van der Waals surface area contributed by atoms with Crippen molar-refractivity contribution in [2.75, 3.05) is 38.3 Å². The van der Waals surface area contributed by atoms with Crippen LogP contribution in [-0.2, 0) is 11.3 Å². The molecular weight excluding hydrogens is 288 g/mol. The minimum Gasteiger partial charge on any atom is -0.383 e. The number of anilines is 1. The summed E-state index contributed by atoms with van der Waals surface area (Å²) in [5, 5.41) is 3.01. The standard InChI is InChI=1S/C14H20F4N2O/c1-3-20(10-14(16,17)18)13-5-4-12(15)8-11(13)9-19-6-7-21-2/h4-5,8,19H,3,6-7,9-10H2,1-2H3. The molecule has 1 aromatic carbocycles. The molecule has 0 amide bonds. The van der Waals surface area contributed by atoms with Crippen molar-refractivity contribution in [1.29, 1.82) is 0 Å². The van der Waals surface area contributed by atoms with Gasteiger partial charge in [-0.1, -0.05) is 0 Å². The summed E-state index contributed by atoms with van der Waals surface area (Å²) in [7, 11) is 1.55.